The molecule has 2 fully saturated rings. The zero-order valence-electron chi connectivity index (χ0n) is 9.45. The molecule has 3 atom stereocenters. The third-order valence-electron chi connectivity index (χ3n) is 4.04. The Kier molecular flexibility index (Phi) is 2.96. The van der Waals surface area contributed by atoms with E-state index >= 15 is 0 Å². The first-order chi connectivity index (χ1) is 7.74. The van der Waals surface area contributed by atoms with Gasteiger partial charge in [0.1, 0.15) is 0 Å². The van der Waals surface area contributed by atoms with Crippen LogP contribution in [0.25, 0.3) is 0 Å². The average molecular weight is 257 g/mol. The number of fused-ring (bicyclic) bond motifs is 1. The standard InChI is InChI=1S/C12H17ClN2S/c1-8(9-2-12(13)16-7-9)15-5-10-3-14-4-11(10)6-15/h2,7-8,10-11,14H,3-6H2,1H3/t8?,10-,11+. The minimum atomic E-state index is 0.523. The second-order valence-corrected chi connectivity index (χ2v) is 6.53. The predicted octanol–water partition coefficient (Wildman–Crippen LogP) is 2.61. The van der Waals surface area contributed by atoms with Gasteiger partial charge in [0.25, 0.3) is 0 Å². The van der Waals surface area contributed by atoms with Crippen molar-refractivity contribution >= 4 is 22.9 Å². The number of nitrogens with one attached hydrogen (secondary N) is 1. The van der Waals surface area contributed by atoms with Crippen molar-refractivity contribution in [3.63, 3.8) is 0 Å². The van der Waals surface area contributed by atoms with Gasteiger partial charge in [0.15, 0.2) is 0 Å². The third kappa shape index (κ3) is 1.90. The van der Waals surface area contributed by atoms with Gasteiger partial charge in [0, 0.05) is 19.1 Å². The fraction of sp³-hybridized carbons (Fsp3) is 0.667. The van der Waals surface area contributed by atoms with E-state index in [1.807, 2.05) is 0 Å². The molecule has 0 saturated carbocycles. The number of rotatable bonds is 2. The Hall–Kier alpha value is -0.0900. The molecule has 0 aliphatic carbocycles. The van der Waals surface area contributed by atoms with Crippen molar-refractivity contribution in [1.82, 2.24) is 10.2 Å². The lowest BCUT2D eigenvalue weighted by atomic mass is 10.0. The minimum Gasteiger partial charge on any atom is -0.316 e. The van der Waals surface area contributed by atoms with E-state index in [2.05, 4.69) is 28.6 Å². The smallest absolute Gasteiger partial charge is 0.0931 e. The number of nitrogens with zero attached hydrogens (tertiary/aromatic N) is 1. The summed E-state index contributed by atoms with van der Waals surface area (Å²) in [6.45, 7) is 7.20. The Balaban J connectivity index is 1.70. The fourth-order valence-electron chi connectivity index (χ4n) is 2.96. The van der Waals surface area contributed by atoms with Crippen LogP contribution in [0.4, 0.5) is 0 Å². The summed E-state index contributed by atoms with van der Waals surface area (Å²) in [5.74, 6) is 1.74. The van der Waals surface area contributed by atoms with Crippen LogP contribution in [0.1, 0.15) is 18.5 Å². The lowest BCUT2D eigenvalue weighted by Gasteiger charge is -2.24. The summed E-state index contributed by atoms with van der Waals surface area (Å²) in [6, 6.07) is 2.64. The molecule has 0 spiro atoms. The second kappa shape index (κ2) is 4.30. The molecule has 0 radical (unpaired) electrons. The minimum absolute atomic E-state index is 0.523. The predicted molar refractivity (Wildman–Crippen MR) is 69.2 cm³/mol. The van der Waals surface area contributed by atoms with Crippen molar-refractivity contribution in [1.29, 1.82) is 0 Å². The Labute approximate surface area is 106 Å². The van der Waals surface area contributed by atoms with Crippen LogP contribution in [-0.4, -0.2) is 31.1 Å². The zero-order valence-corrected chi connectivity index (χ0v) is 11.0. The molecule has 0 bridgehead atoms. The van der Waals surface area contributed by atoms with Crippen LogP contribution in [0.2, 0.25) is 4.34 Å². The largest absolute Gasteiger partial charge is 0.316 e. The van der Waals surface area contributed by atoms with Crippen LogP contribution in [0.3, 0.4) is 0 Å². The van der Waals surface area contributed by atoms with Gasteiger partial charge in [-0.2, -0.15) is 0 Å². The van der Waals surface area contributed by atoms with E-state index in [0.717, 1.165) is 16.2 Å². The van der Waals surface area contributed by atoms with Crippen LogP contribution >= 0.6 is 22.9 Å². The molecule has 3 heterocycles. The van der Waals surface area contributed by atoms with Crippen LogP contribution < -0.4 is 5.32 Å². The molecule has 1 aromatic rings. The van der Waals surface area contributed by atoms with Crippen LogP contribution in [0.15, 0.2) is 11.4 Å². The maximum atomic E-state index is 6.00. The van der Waals surface area contributed by atoms with Gasteiger partial charge in [-0.15, -0.1) is 11.3 Å². The molecule has 2 aliphatic rings. The van der Waals surface area contributed by atoms with Gasteiger partial charge in [-0.1, -0.05) is 11.6 Å². The van der Waals surface area contributed by atoms with E-state index in [9.17, 15) is 0 Å². The van der Waals surface area contributed by atoms with Gasteiger partial charge < -0.3 is 5.32 Å². The first kappa shape index (κ1) is 11.0. The fourth-order valence-corrected chi connectivity index (χ4v) is 3.94. The van der Waals surface area contributed by atoms with Crippen molar-refractivity contribution in [2.45, 2.75) is 13.0 Å². The highest BCUT2D eigenvalue weighted by Crippen LogP contribution is 2.34. The van der Waals surface area contributed by atoms with E-state index in [1.54, 1.807) is 11.3 Å². The molecule has 0 aromatic carbocycles. The van der Waals surface area contributed by atoms with Crippen molar-refractivity contribution in [3.05, 3.63) is 21.3 Å². The lowest BCUT2D eigenvalue weighted by Crippen LogP contribution is -2.28. The molecule has 0 amide bonds. The van der Waals surface area contributed by atoms with Gasteiger partial charge in [0.2, 0.25) is 0 Å². The zero-order chi connectivity index (χ0) is 11.1. The first-order valence-corrected chi connectivity index (χ1v) is 7.18. The van der Waals surface area contributed by atoms with Crippen LogP contribution in [0, 0.1) is 11.8 Å². The van der Waals surface area contributed by atoms with Gasteiger partial charge in [-0.05, 0) is 48.9 Å². The highest BCUT2D eigenvalue weighted by atomic mass is 35.5. The van der Waals surface area contributed by atoms with Gasteiger partial charge in [-0.3, -0.25) is 4.90 Å². The highest BCUT2D eigenvalue weighted by molar-refractivity contribution is 7.14. The lowest BCUT2D eigenvalue weighted by molar-refractivity contribution is 0.244. The molecule has 1 N–H and O–H groups in total. The van der Waals surface area contributed by atoms with Crippen LogP contribution in [0.5, 0.6) is 0 Å². The normalized spacial score (nSPS) is 31.9. The van der Waals surface area contributed by atoms with E-state index in [4.69, 9.17) is 11.6 Å². The number of likely N-dealkylation sites (tertiary alicyclic amines) is 1. The van der Waals surface area contributed by atoms with Crippen molar-refractivity contribution < 1.29 is 0 Å². The Bertz CT molecular complexity index is 367. The summed E-state index contributed by atoms with van der Waals surface area (Å²) < 4.78 is 0.905. The number of thiophene rings is 1. The van der Waals surface area contributed by atoms with Crippen LogP contribution in [-0.2, 0) is 0 Å². The number of hydrogen-bond donors (Lipinski definition) is 1. The van der Waals surface area contributed by atoms with Crippen molar-refractivity contribution in [2.24, 2.45) is 11.8 Å². The summed E-state index contributed by atoms with van der Waals surface area (Å²) in [6.07, 6.45) is 0. The molecule has 2 aliphatic heterocycles. The molecular formula is C12H17ClN2S. The molecule has 2 nitrogen and oxygen atoms in total. The summed E-state index contributed by atoms with van der Waals surface area (Å²) >= 11 is 7.64. The Morgan fingerprint density at radius 2 is 2.12 bits per heavy atom. The molecule has 88 valence electrons. The summed E-state index contributed by atoms with van der Waals surface area (Å²) in [5, 5.41) is 5.68. The SMILES string of the molecule is CC(c1csc(Cl)c1)N1C[C@H]2CNC[C@H]2C1. The maximum absolute atomic E-state index is 6.00. The maximum Gasteiger partial charge on any atom is 0.0931 e. The molecule has 4 heteroatoms. The molecule has 1 aromatic heterocycles. The molecule has 16 heavy (non-hydrogen) atoms. The monoisotopic (exact) mass is 256 g/mol. The summed E-state index contributed by atoms with van der Waals surface area (Å²) in [4.78, 5) is 2.61. The van der Waals surface area contributed by atoms with Crippen molar-refractivity contribution in [2.75, 3.05) is 26.2 Å². The number of halogens is 1. The van der Waals surface area contributed by atoms with E-state index in [0.29, 0.717) is 6.04 Å². The first-order valence-electron chi connectivity index (χ1n) is 5.92. The van der Waals surface area contributed by atoms with E-state index in [1.165, 1.54) is 31.7 Å². The Morgan fingerprint density at radius 1 is 1.44 bits per heavy atom. The van der Waals surface area contributed by atoms with Gasteiger partial charge >= 0.3 is 0 Å². The summed E-state index contributed by atoms with van der Waals surface area (Å²) in [5.41, 5.74) is 1.38. The molecule has 3 rings (SSSR count). The third-order valence-corrected chi connectivity index (χ3v) is 5.15. The van der Waals surface area contributed by atoms with E-state index < -0.39 is 0 Å². The van der Waals surface area contributed by atoms with Crippen molar-refractivity contribution in [3.8, 4) is 0 Å². The second-order valence-electron chi connectivity index (χ2n) is 4.99. The molecule has 1 unspecified atom stereocenters. The highest BCUT2D eigenvalue weighted by Gasteiger charge is 2.37. The molecular weight excluding hydrogens is 240 g/mol. The topological polar surface area (TPSA) is 15.3 Å². The van der Waals surface area contributed by atoms with Gasteiger partial charge in [0.05, 0.1) is 4.34 Å². The van der Waals surface area contributed by atoms with E-state index in [-0.39, 0.29) is 0 Å². The number of hydrogen-bond acceptors (Lipinski definition) is 3. The quantitative estimate of drug-likeness (QED) is 0.875. The Morgan fingerprint density at radius 3 is 2.69 bits per heavy atom. The summed E-state index contributed by atoms with van der Waals surface area (Å²) in [7, 11) is 0. The molecule has 2 saturated heterocycles. The average Bonchev–Trinajstić information content (AvgIpc) is 2.89. The van der Waals surface area contributed by atoms with Gasteiger partial charge in [-0.25, -0.2) is 0 Å².